The van der Waals surface area contributed by atoms with Crippen LogP contribution in [0, 0.1) is 10.8 Å². The zero-order valence-corrected chi connectivity index (χ0v) is 15.4. The lowest BCUT2D eigenvalue weighted by Crippen LogP contribution is -2.45. The molecule has 5 heteroatoms. The Morgan fingerprint density at radius 1 is 0.917 bits per heavy atom. The molecule has 0 aliphatic carbocycles. The lowest BCUT2D eigenvalue weighted by Gasteiger charge is -2.39. The number of unbranched alkanes of at least 4 members (excludes halogenated alkanes) is 5. The second-order valence-corrected chi connectivity index (χ2v) is 7.59. The third-order valence-corrected chi connectivity index (χ3v) is 4.59. The molecular weight excluding hydrogens is 308 g/mol. The summed E-state index contributed by atoms with van der Waals surface area (Å²) in [7, 11) is 0. The summed E-state index contributed by atoms with van der Waals surface area (Å²) in [6.45, 7) is 5.55. The molecule has 0 N–H and O–H groups in total. The summed E-state index contributed by atoms with van der Waals surface area (Å²) in [5.41, 5.74) is -1.63. The van der Waals surface area contributed by atoms with Gasteiger partial charge in [0.05, 0.1) is 0 Å². The highest BCUT2D eigenvalue weighted by Crippen LogP contribution is 2.41. The molecule has 0 fully saturated rings. The predicted octanol–water partition coefficient (Wildman–Crippen LogP) is 2.01. The summed E-state index contributed by atoms with van der Waals surface area (Å²) in [5, 5.41) is 22.2. The molecule has 140 valence electrons. The number of aliphatic carboxylic acids is 2. The molecule has 0 aromatic carbocycles. The van der Waals surface area contributed by atoms with E-state index in [2.05, 4.69) is 0 Å². The van der Waals surface area contributed by atoms with E-state index in [1.807, 2.05) is 6.92 Å². The molecule has 24 heavy (non-hydrogen) atoms. The highest BCUT2D eigenvalue weighted by Gasteiger charge is 2.36. The van der Waals surface area contributed by atoms with Gasteiger partial charge < -0.3 is 24.6 Å². The Morgan fingerprint density at radius 3 is 1.96 bits per heavy atom. The van der Waals surface area contributed by atoms with E-state index >= 15 is 0 Å². The minimum atomic E-state index is -1.05. The standard InChI is InChI=1S/C19H34O5/c1-4-5-12-19(17(23)24,14-18(2,3)15-20)13-10-8-6-7-9-11-16(21)22/h15H,4-14H2,1-3H3,(H,21,22)(H,23,24)/p-2. The van der Waals surface area contributed by atoms with Crippen molar-refractivity contribution >= 4 is 18.2 Å². The third-order valence-electron chi connectivity index (χ3n) is 4.59. The fraction of sp³-hybridized carbons (Fsp3) is 0.842. The van der Waals surface area contributed by atoms with Crippen molar-refractivity contribution in [2.75, 3.05) is 0 Å². The Balaban J connectivity index is 4.61. The molecule has 0 spiro atoms. The van der Waals surface area contributed by atoms with Gasteiger partial charge >= 0.3 is 0 Å². The van der Waals surface area contributed by atoms with Gasteiger partial charge in [-0.1, -0.05) is 59.3 Å². The topological polar surface area (TPSA) is 97.3 Å². The van der Waals surface area contributed by atoms with Crippen LogP contribution in [0.15, 0.2) is 0 Å². The van der Waals surface area contributed by atoms with Crippen molar-refractivity contribution in [2.45, 2.75) is 91.4 Å². The number of hydrogen-bond acceptors (Lipinski definition) is 5. The molecule has 1 unspecified atom stereocenters. The van der Waals surface area contributed by atoms with Crippen LogP contribution >= 0.6 is 0 Å². The van der Waals surface area contributed by atoms with Gasteiger partial charge in [0.15, 0.2) is 0 Å². The molecule has 5 nitrogen and oxygen atoms in total. The maximum atomic E-state index is 11.9. The number of carboxylic acid groups (broad SMARTS) is 2. The molecule has 0 heterocycles. The molecule has 0 bridgehead atoms. The molecular formula is C19H32O5-2. The fourth-order valence-electron chi connectivity index (χ4n) is 3.27. The first-order valence-electron chi connectivity index (χ1n) is 9.07. The molecule has 0 aliphatic heterocycles. The number of carbonyl (C=O) groups is 3. The third kappa shape index (κ3) is 9.04. The average molecular weight is 340 g/mol. The van der Waals surface area contributed by atoms with Crippen LogP contribution in [-0.4, -0.2) is 18.2 Å². The van der Waals surface area contributed by atoms with Crippen molar-refractivity contribution in [1.29, 1.82) is 0 Å². The van der Waals surface area contributed by atoms with Crippen molar-refractivity contribution in [2.24, 2.45) is 10.8 Å². The van der Waals surface area contributed by atoms with Gasteiger partial charge in [0.1, 0.15) is 6.29 Å². The largest absolute Gasteiger partial charge is 0.550 e. The van der Waals surface area contributed by atoms with Gasteiger partial charge in [0.25, 0.3) is 0 Å². The highest BCUT2D eigenvalue weighted by atomic mass is 16.4. The second kappa shape index (κ2) is 11.2. The first-order chi connectivity index (χ1) is 11.2. The summed E-state index contributed by atoms with van der Waals surface area (Å²) >= 11 is 0. The van der Waals surface area contributed by atoms with Crippen molar-refractivity contribution in [3.63, 3.8) is 0 Å². The number of rotatable bonds is 15. The van der Waals surface area contributed by atoms with E-state index in [0.29, 0.717) is 25.7 Å². The molecule has 0 saturated heterocycles. The normalized spacial score (nSPS) is 14.1. The van der Waals surface area contributed by atoms with Gasteiger partial charge in [-0.2, -0.15) is 0 Å². The van der Waals surface area contributed by atoms with Crippen LogP contribution in [0.1, 0.15) is 91.4 Å². The van der Waals surface area contributed by atoms with Crippen molar-refractivity contribution < 1.29 is 24.6 Å². The monoisotopic (exact) mass is 340 g/mol. The van der Waals surface area contributed by atoms with Gasteiger partial charge in [-0.15, -0.1) is 0 Å². The van der Waals surface area contributed by atoms with E-state index in [1.54, 1.807) is 13.8 Å². The molecule has 0 aromatic rings. The maximum Gasteiger partial charge on any atom is 0.125 e. The summed E-state index contributed by atoms with van der Waals surface area (Å²) in [5.74, 6) is -2.08. The molecule has 0 saturated carbocycles. The molecule has 0 radical (unpaired) electrons. The second-order valence-electron chi connectivity index (χ2n) is 7.59. The SMILES string of the molecule is CCCCC(CCCCCCCC(=O)[O-])(CC(C)(C)C=O)C(=O)[O-]. The quantitative estimate of drug-likeness (QED) is 0.335. The van der Waals surface area contributed by atoms with E-state index in [4.69, 9.17) is 0 Å². The minimum Gasteiger partial charge on any atom is -0.550 e. The summed E-state index contributed by atoms with van der Waals surface area (Å²) in [6.07, 6.45) is 7.84. The van der Waals surface area contributed by atoms with Crippen LogP contribution in [0.5, 0.6) is 0 Å². The van der Waals surface area contributed by atoms with Crippen LogP contribution < -0.4 is 10.2 Å². The predicted molar refractivity (Wildman–Crippen MR) is 88.8 cm³/mol. The minimum absolute atomic E-state index is 0.0764. The molecule has 0 aromatic heterocycles. The van der Waals surface area contributed by atoms with Gasteiger partial charge in [-0.05, 0) is 32.1 Å². The van der Waals surface area contributed by atoms with Gasteiger partial charge in [-0.3, -0.25) is 0 Å². The maximum absolute atomic E-state index is 11.9. The smallest absolute Gasteiger partial charge is 0.125 e. The first-order valence-corrected chi connectivity index (χ1v) is 9.07. The number of carboxylic acids is 2. The Hall–Kier alpha value is -1.39. The molecule has 0 amide bonds. The van der Waals surface area contributed by atoms with Crippen molar-refractivity contribution in [3.8, 4) is 0 Å². The summed E-state index contributed by atoms with van der Waals surface area (Å²) in [4.78, 5) is 33.4. The molecule has 1 atom stereocenters. The number of carbonyl (C=O) groups excluding carboxylic acids is 3. The van der Waals surface area contributed by atoms with Crippen LogP contribution in [0.3, 0.4) is 0 Å². The van der Waals surface area contributed by atoms with E-state index in [0.717, 1.165) is 44.8 Å². The average Bonchev–Trinajstić information content (AvgIpc) is 2.50. The van der Waals surface area contributed by atoms with Gasteiger partial charge in [-0.25, -0.2) is 0 Å². The Kier molecular flexibility index (Phi) is 10.6. The van der Waals surface area contributed by atoms with E-state index < -0.39 is 22.8 Å². The van der Waals surface area contributed by atoms with Crippen molar-refractivity contribution in [1.82, 2.24) is 0 Å². The van der Waals surface area contributed by atoms with Crippen molar-refractivity contribution in [3.05, 3.63) is 0 Å². The van der Waals surface area contributed by atoms with Gasteiger partial charge in [0, 0.05) is 22.8 Å². The number of aldehydes is 1. The van der Waals surface area contributed by atoms with E-state index in [-0.39, 0.29) is 6.42 Å². The lowest BCUT2D eigenvalue weighted by molar-refractivity contribution is -0.321. The Morgan fingerprint density at radius 2 is 1.46 bits per heavy atom. The van der Waals surface area contributed by atoms with Crippen LogP contribution in [-0.2, 0) is 14.4 Å². The van der Waals surface area contributed by atoms with Crippen LogP contribution in [0.4, 0.5) is 0 Å². The van der Waals surface area contributed by atoms with E-state index in [1.165, 1.54) is 0 Å². The highest BCUT2D eigenvalue weighted by molar-refractivity contribution is 5.73. The Bertz CT molecular complexity index is 403. The fourth-order valence-corrected chi connectivity index (χ4v) is 3.27. The first kappa shape index (κ1) is 22.6. The zero-order chi connectivity index (χ0) is 18.6. The summed E-state index contributed by atoms with van der Waals surface area (Å²) in [6, 6.07) is 0. The van der Waals surface area contributed by atoms with Gasteiger partial charge in [0.2, 0.25) is 0 Å². The van der Waals surface area contributed by atoms with E-state index in [9.17, 15) is 24.6 Å². The van der Waals surface area contributed by atoms with Crippen LogP contribution in [0.25, 0.3) is 0 Å². The van der Waals surface area contributed by atoms with Crippen LogP contribution in [0.2, 0.25) is 0 Å². The zero-order valence-electron chi connectivity index (χ0n) is 15.4. The number of hydrogen-bond donors (Lipinski definition) is 0. The Labute approximate surface area is 145 Å². The lowest BCUT2D eigenvalue weighted by atomic mass is 9.68. The summed E-state index contributed by atoms with van der Waals surface area (Å²) < 4.78 is 0. The molecule has 0 rings (SSSR count). The molecule has 0 aliphatic rings.